The molecule has 3 fully saturated rings. The summed E-state index contributed by atoms with van der Waals surface area (Å²) < 4.78 is 5.23. The van der Waals surface area contributed by atoms with Gasteiger partial charge >= 0.3 is 0 Å². The molecule has 3 unspecified atom stereocenters. The average molecular weight is 448 g/mol. The molecule has 6 nitrogen and oxygen atoms in total. The highest BCUT2D eigenvalue weighted by atomic mass is 16.5. The van der Waals surface area contributed by atoms with E-state index in [0.29, 0.717) is 31.2 Å². The van der Waals surface area contributed by atoms with E-state index < -0.39 is 0 Å². The van der Waals surface area contributed by atoms with Gasteiger partial charge in [-0.15, -0.1) is 0 Å². The Balaban J connectivity index is 1.21. The fourth-order valence-corrected chi connectivity index (χ4v) is 5.87. The quantitative estimate of drug-likeness (QED) is 0.683. The number of fused-ring (bicyclic) bond motifs is 2. The van der Waals surface area contributed by atoms with E-state index in [-0.39, 0.29) is 17.9 Å². The van der Waals surface area contributed by atoms with Crippen molar-refractivity contribution >= 4 is 11.8 Å². The zero-order valence-electron chi connectivity index (χ0n) is 19.4. The van der Waals surface area contributed by atoms with Crippen molar-refractivity contribution in [1.29, 1.82) is 0 Å². The number of carbonyl (C=O) groups is 2. The number of hydrogen-bond donors (Lipinski definition) is 0. The van der Waals surface area contributed by atoms with Crippen LogP contribution in [0.3, 0.4) is 0 Å². The van der Waals surface area contributed by atoms with Gasteiger partial charge in [-0.25, -0.2) is 0 Å². The SMILES string of the molecule is COc1ccc(CN2C(=O)CCC2C(=O)N2CC3CC(CN(Cc4ccccc4)C3)C2)cc1. The van der Waals surface area contributed by atoms with Gasteiger partial charge in [-0.2, -0.15) is 0 Å². The molecule has 3 heterocycles. The van der Waals surface area contributed by atoms with E-state index in [1.165, 1.54) is 12.0 Å². The van der Waals surface area contributed by atoms with Gasteiger partial charge in [-0.05, 0) is 47.9 Å². The van der Waals surface area contributed by atoms with Crippen molar-refractivity contribution < 1.29 is 14.3 Å². The molecular formula is C27H33N3O3. The average Bonchev–Trinajstić information content (AvgIpc) is 3.19. The number of benzene rings is 2. The van der Waals surface area contributed by atoms with Gasteiger partial charge < -0.3 is 14.5 Å². The molecule has 0 N–H and O–H groups in total. The summed E-state index contributed by atoms with van der Waals surface area (Å²) in [6.07, 6.45) is 2.28. The van der Waals surface area contributed by atoms with Crippen molar-refractivity contribution in [3.05, 3.63) is 65.7 Å². The second-order valence-electron chi connectivity index (χ2n) is 9.81. The molecule has 3 aliphatic rings. The van der Waals surface area contributed by atoms with E-state index in [2.05, 4.69) is 40.1 Å². The highest BCUT2D eigenvalue weighted by molar-refractivity contribution is 5.91. The summed E-state index contributed by atoms with van der Waals surface area (Å²) in [4.78, 5) is 32.6. The molecule has 3 atom stereocenters. The van der Waals surface area contributed by atoms with E-state index in [0.717, 1.165) is 44.0 Å². The molecule has 33 heavy (non-hydrogen) atoms. The maximum absolute atomic E-state index is 13.5. The number of methoxy groups -OCH3 is 1. The lowest BCUT2D eigenvalue weighted by molar-refractivity contribution is -0.145. The van der Waals surface area contributed by atoms with Crippen molar-refractivity contribution in [2.75, 3.05) is 33.3 Å². The number of hydrogen-bond acceptors (Lipinski definition) is 4. The largest absolute Gasteiger partial charge is 0.497 e. The number of piperidine rings is 2. The minimum Gasteiger partial charge on any atom is -0.497 e. The van der Waals surface area contributed by atoms with Crippen LogP contribution >= 0.6 is 0 Å². The number of amides is 2. The Morgan fingerprint density at radius 3 is 2.24 bits per heavy atom. The van der Waals surface area contributed by atoms with Crippen molar-refractivity contribution in [2.24, 2.45) is 11.8 Å². The van der Waals surface area contributed by atoms with Crippen LogP contribution in [0.1, 0.15) is 30.4 Å². The number of carbonyl (C=O) groups excluding carboxylic acids is 2. The lowest BCUT2D eigenvalue weighted by Crippen LogP contribution is -2.57. The van der Waals surface area contributed by atoms with E-state index in [1.807, 2.05) is 24.3 Å². The molecular weight excluding hydrogens is 414 g/mol. The van der Waals surface area contributed by atoms with E-state index in [9.17, 15) is 9.59 Å². The highest BCUT2D eigenvalue weighted by Gasteiger charge is 2.42. The lowest BCUT2D eigenvalue weighted by Gasteiger charge is -2.46. The molecule has 174 valence electrons. The highest BCUT2D eigenvalue weighted by Crippen LogP contribution is 2.32. The summed E-state index contributed by atoms with van der Waals surface area (Å²) in [6.45, 7) is 5.14. The van der Waals surface area contributed by atoms with Crippen LogP contribution in [0.25, 0.3) is 0 Å². The molecule has 0 aliphatic carbocycles. The van der Waals surface area contributed by atoms with Gasteiger partial charge in [0.1, 0.15) is 11.8 Å². The zero-order chi connectivity index (χ0) is 22.8. The summed E-state index contributed by atoms with van der Waals surface area (Å²) in [5.41, 5.74) is 2.37. The first-order valence-electron chi connectivity index (χ1n) is 12.1. The molecule has 2 aromatic carbocycles. The van der Waals surface area contributed by atoms with Gasteiger partial charge in [-0.1, -0.05) is 42.5 Å². The van der Waals surface area contributed by atoms with E-state index >= 15 is 0 Å². The smallest absolute Gasteiger partial charge is 0.245 e. The van der Waals surface area contributed by atoms with Crippen molar-refractivity contribution in [2.45, 2.75) is 38.4 Å². The topological polar surface area (TPSA) is 53.1 Å². The summed E-state index contributed by atoms with van der Waals surface area (Å²) >= 11 is 0. The molecule has 3 saturated heterocycles. The minimum atomic E-state index is -0.334. The third-order valence-electron chi connectivity index (χ3n) is 7.34. The molecule has 2 aromatic rings. The summed E-state index contributed by atoms with van der Waals surface area (Å²) in [6, 6.07) is 18.0. The van der Waals surface area contributed by atoms with Crippen LogP contribution in [-0.4, -0.2) is 65.8 Å². The van der Waals surface area contributed by atoms with Crippen LogP contribution in [0.15, 0.2) is 54.6 Å². The van der Waals surface area contributed by atoms with Crippen LogP contribution in [0.5, 0.6) is 5.75 Å². The predicted molar refractivity (Wildman–Crippen MR) is 126 cm³/mol. The minimum absolute atomic E-state index is 0.0791. The Kier molecular flexibility index (Phi) is 6.36. The van der Waals surface area contributed by atoms with Gasteiger partial charge in [0.15, 0.2) is 0 Å². The maximum atomic E-state index is 13.5. The number of likely N-dealkylation sites (tertiary alicyclic amines) is 3. The predicted octanol–water partition coefficient (Wildman–Crippen LogP) is 3.17. The number of nitrogens with zero attached hydrogens (tertiary/aromatic N) is 3. The molecule has 6 heteroatoms. The fourth-order valence-electron chi connectivity index (χ4n) is 5.87. The molecule has 0 spiro atoms. The van der Waals surface area contributed by atoms with Crippen LogP contribution in [0.2, 0.25) is 0 Å². The molecule has 5 rings (SSSR count). The van der Waals surface area contributed by atoms with Gasteiger partial charge in [0.2, 0.25) is 11.8 Å². The first-order valence-corrected chi connectivity index (χ1v) is 12.1. The Morgan fingerprint density at radius 1 is 0.909 bits per heavy atom. The maximum Gasteiger partial charge on any atom is 0.245 e. The fraction of sp³-hybridized carbons (Fsp3) is 0.481. The van der Waals surface area contributed by atoms with Crippen LogP contribution < -0.4 is 4.74 Å². The summed E-state index contributed by atoms with van der Waals surface area (Å²) in [7, 11) is 1.64. The van der Waals surface area contributed by atoms with Crippen molar-refractivity contribution in [3.63, 3.8) is 0 Å². The van der Waals surface area contributed by atoms with Crippen molar-refractivity contribution in [3.8, 4) is 5.75 Å². The summed E-state index contributed by atoms with van der Waals surface area (Å²) in [5, 5.41) is 0. The Bertz CT molecular complexity index is 964. The van der Waals surface area contributed by atoms with Gasteiger partial charge in [-0.3, -0.25) is 14.5 Å². The van der Waals surface area contributed by atoms with Crippen LogP contribution in [-0.2, 0) is 22.7 Å². The first-order chi connectivity index (χ1) is 16.1. The standard InChI is InChI=1S/C27H33N3O3/c1-33-24-9-7-21(8-10-24)19-30-25(11-12-26(30)31)27(32)29-17-22-13-23(18-29)16-28(15-22)14-20-5-3-2-4-6-20/h2-10,22-23,25H,11-19H2,1H3. The Hall–Kier alpha value is -2.86. The molecule has 0 saturated carbocycles. The van der Waals surface area contributed by atoms with E-state index in [4.69, 9.17) is 4.74 Å². The second kappa shape index (κ2) is 9.56. The third-order valence-corrected chi connectivity index (χ3v) is 7.34. The van der Waals surface area contributed by atoms with Crippen molar-refractivity contribution in [1.82, 2.24) is 14.7 Å². The third kappa shape index (κ3) is 4.91. The molecule has 0 radical (unpaired) electrons. The normalized spacial score (nSPS) is 25.4. The molecule has 0 aromatic heterocycles. The monoisotopic (exact) mass is 447 g/mol. The summed E-state index contributed by atoms with van der Waals surface area (Å²) in [5.74, 6) is 2.03. The van der Waals surface area contributed by atoms with Gasteiger partial charge in [0.25, 0.3) is 0 Å². The number of rotatable bonds is 6. The van der Waals surface area contributed by atoms with Gasteiger partial charge in [0.05, 0.1) is 7.11 Å². The first kappa shape index (κ1) is 22.0. The number of ether oxygens (including phenoxy) is 1. The molecule has 2 amide bonds. The van der Waals surface area contributed by atoms with Gasteiger partial charge in [0, 0.05) is 45.7 Å². The van der Waals surface area contributed by atoms with E-state index in [1.54, 1.807) is 12.0 Å². The van der Waals surface area contributed by atoms with Crippen LogP contribution in [0.4, 0.5) is 0 Å². The zero-order valence-corrected chi connectivity index (χ0v) is 19.4. The Morgan fingerprint density at radius 2 is 1.58 bits per heavy atom. The molecule has 3 aliphatic heterocycles. The Labute approximate surface area is 196 Å². The van der Waals surface area contributed by atoms with Crippen LogP contribution in [0, 0.1) is 11.8 Å². The molecule has 2 bridgehead atoms. The second-order valence-corrected chi connectivity index (χ2v) is 9.81. The lowest BCUT2D eigenvalue weighted by atomic mass is 9.84.